The summed E-state index contributed by atoms with van der Waals surface area (Å²) in [5, 5.41) is 3.29. The van der Waals surface area contributed by atoms with Crippen molar-refractivity contribution in [3.05, 3.63) is 28.8 Å². The molecule has 2 heterocycles. The molecule has 2 fully saturated rings. The van der Waals surface area contributed by atoms with Gasteiger partial charge in [0.15, 0.2) is 0 Å². The number of hydrogen-bond donors (Lipinski definition) is 1. The molecule has 2 aliphatic heterocycles. The fraction of sp³-hybridized carbons (Fsp3) is 0.526. The Morgan fingerprint density at radius 1 is 1.23 bits per heavy atom. The van der Waals surface area contributed by atoms with Gasteiger partial charge in [-0.1, -0.05) is 11.6 Å². The van der Waals surface area contributed by atoms with Crippen molar-refractivity contribution >= 4 is 35.0 Å². The summed E-state index contributed by atoms with van der Waals surface area (Å²) in [6.45, 7) is 5.72. The van der Waals surface area contributed by atoms with Crippen molar-refractivity contribution in [3.8, 4) is 0 Å². The maximum absolute atomic E-state index is 12.8. The molecular weight excluding hydrogens is 354 g/mol. The Morgan fingerprint density at radius 2 is 1.92 bits per heavy atom. The monoisotopic (exact) mass is 377 g/mol. The summed E-state index contributed by atoms with van der Waals surface area (Å²) in [4.78, 5) is 41.0. The van der Waals surface area contributed by atoms with Gasteiger partial charge in [0.2, 0.25) is 11.8 Å². The summed E-state index contributed by atoms with van der Waals surface area (Å²) < 4.78 is 0. The van der Waals surface area contributed by atoms with Gasteiger partial charge in [-0.3, -0.25) is 14.4 Å². The molecule has 1 N–H and O–H groups in total. The van der Waals surface area contributed by atoms with Crippen molar-refractivity contribution in [1.82, 2.24) is 9.80 Å². The van der Waals surface area contributed by atoms with E-state index in [0.717, 1.165) is 25.9 Å². The van der Waals surface area contributed by atoms with Crippen molar-refractivity contribution in [1.29, 1.82) is 0 Å². The predicted molar refractivity (Wildman–Crippen MR) is 100 cm³/mol. The van der Waals surface area contributed by atoms with E-state index in [-0.39, 0.29) is 30.2 Å². The Labute approximate surface area is 158 Å². The van der Waals surface area contributed by atoms with Gasteiger partial charge in [-0.05, 0) is 44.9 Å². The molecule has 7 heteroatoms. The normalized spacial score (nSPS) is 20.2. The van der Waals surface area contributed by atoms with Gasteiger partial charge in [0.1, 0.15) is 0 Å². The lowest BCUT2D eigenvalue weighted by Gasteiger charge is -2.21. The summed E-state index contributed by atoms with van der Waals surface area (Å²) in [7, 11) is 0. The minimum atomic E-state index is -0.407. The van der Waals surface area contributed by atoms with Crippen LogP contribution in [-0.2, 0) is 9.59 Å². The molecule has 1 aromatic carbocycles. The van der Waals surface area contributed by atoms with Crippen molar-refractivity contribution < 1.29 is 14.4 Å². The molecule has 6 nitrogen and oxygen atoms in total. The van der Waals surface area contributed by atoms with E-state index in [2.05, 4.69) is 5.32 Å². The number of amides is 3. The van der Waals surface area contributed by atoms with Gasteiger partial charge in [-0.15, -0.1) is 0 Å². The van der Waals surface area contributed by atoms with Crippen LogP contribution in [0.25, 0.3) is 0 Å². The average Bonchev–Trinajstić information content (AvgIpc) is 3.25. The number of carbonyl (C=O) groups is 3. The van der Waals surface area contributed by atoms with Crippen LogP contribution in [0.1, 0.15) is 43.5 Å². The zero-order chi connectivity index (χ0) is 18.8. The van der Waals surface area contributed by atoms with E-state index >= 15 is 0 Å². The molecule has 1 aromatic rings. The Bertz CT molecular complexity index is 729. The molecule has 140 valence electrons. The number of anilines is 1. The maximum atomic E-state index is 12.8. The summed E-state index contributed by atoms with van der Waals surface area (Å²) in [6, 6.07) is 4.97. The van der Waals surface area contributed by atoms with E-state index in [1.54, 1.807) is 28.0 Å². The molecule has 0 spiro atoms. The number of carbonyl (C=O) groups excluding carboxylic acids is 3. The topological polar surface area (TPSA) is 69.7 Å². The summed E-state index contributed by atoms with van der Waals surface area (Å²) in [5.41, 5.74) is 0.851. The Morgan fingerprint density at radius 3 is 2.54 bits per heavy atom. The minimum Gasteiger partial charge on any atom is -0.339 e. The highest BCUT2D eigenvalue weighted by atomic mass is 35.5. The van der Waals surface area contributed by atoms with Crippen molar-refractivity contribution in [2.24, 2.45) is 5.92 Å². The first kappa shape index (κ1) is 18.7. The number of nitrogens with one attached hydrogen (secondary N) is 1. The molecule has 1 unspecified atom stereocenters. The third-order valence-electron chi connectivity index (χ3n) is 5.02. The number of halogens is 1. The van der Waals surface area contributed by atoms with E-state index < -0.39 is 5.92 Å². The number of likely N-dealkylation sites (tertiary alicyclic amines) is 2. The van der Waals surface area contributed by atoms with Gasteiger partial charge < -0.3 is 15.1 Å². The van der Waals surface area contributed by atoms with Gasteiger partial charge in [0.05, 0.1) is 17.2 Å². The van der Waals surface area contributed by atoms with Crippen LogP contribution in [0.2, 0.25) is 5.02 Å². The first-order chi connectivity index (χ1) is 12.4. The fourth-order valence-corrected chi connectivity index (χ4v) is 3.71. The van der Waals surface area contributed by atoms with E-state index in [4.69, 9.17) is 11.6 Å². The van der Waals surface area contributed by atoms with E-state index in [1.807, 2.05) is 13.8 Å². The van der Waals surface area contributed by atoms with E-state index in [1.165, 1.54) is 0 Å². The second-order valence-corrected chi connectivity index (χ2v) is 7.66. The minimum absolute atomic E-state index is 0.00961. The third-order valence-corrected chi connectivity index (χ3v) is 5.25. The van der Waals surface area contributed by atoms with Crippen LogP contribution in [-0.4, -0.2) is 53.2 Å². The summed E-state index contributed by atoms with van der Waals surface area (Å²) in [5.74, 6) is -0.772. The van der Waals surface area contributed by atoms with Crippen LogP contribution in [0.3, 0.4) is 0 Å². The van der Waals surface area contributed by atoms with Crippen LogP contribution in [0, 0.1) is 5.92 Å². The summed E-state index contributed by atoms with van der Waals surface area (Å²) >= 11 is 6.07. The lowest BCUT2D eigenvalue weighted by Crippen LogP contribution is -2.34. The lowest BCUT2D eigenvalue weighted by atomic mass is 10.1. The smallest absolute Gasteiger partial charge is 0.256 e. The highest BCUT2D eigenvalue weighted by Gasteiger charge is 2.36. The second kappa shape index (κ2) is 7.66. The van der Waals surface area contributed by atoms with E-state index in [9.17, 15) is 14.4 Å². The van der Waals surface area contributed by atoms with Gasteiger partial charge in [-0.2, -0.15) is 0 Å². The third kappa shape index (κ3) is 3.85. The van der Waals surface area contributed by atoms with Gasteiger partial charge in [0.25, 0.3) is 5.91 Å². The van der Waals surface area contributed by atoms with Crippen molar-refractivity contribution in [2.45, 2.75) is 39.2 Å². The molecule has 3 rings (SSSR count). The quantitative estimate of drug-likeness (QED) is 0.877. The predicted octanol–water partition coefficient (Wildman–Crippen LogP) is 2.77. The first-order valence-corrected chi connectivity index (χ1v) is 9.43. The van der Waals surface area contributed by atoms with Crippen LogP contribution in [0.4, 0.5) is 5.69 Å². The average molecular weight is 378 g/mol. The molecule has 0 saturated carbocycles. The molecule has 1 atom stereocenters. The maximum Gasteiger partial charge on any atom is 0.256 e. The molecular formula is C19H24ClN3O3. The lowest BCUT2D eigenvalue weighted by molar-refractivity contribution is -0.129. The Hall–Kier alpha value is -2.08. The van der Waals surface area contributed by atoms with Crippen molar-refractivity contribution in [2.75, 3.05) is 25.0 Å². The zero-order valence-corrected chi connectivity index (χ0v) is 15.9. The molecule has 0 aromatic heterocycles. The standard InChI is InChI=1S/C19H24ClN3O3/c1-12(2)23-11-13(9-17(23)24)18(25)21-16-6-5-14(20)10-15(16)19(26)22-7-3-4-8-22/h5-6,10,12-13H,3-4,7-9,11H2,1-2H3,(H,21,25). The van der Waals surface area contributed by atoms with Crippen LogP contribution < -0.4 is 5.32 Å². The van der Waals surface area contributed by atoms with Crippen LogP contribution in [0.5, 0.6) is 0 Å². The first-order valence-electron chi connectivity index (χ1n) is 9.06. The molecule has 0 bridgehead atoms. The molecule has 3 amide bonds. The summed E-state index contributed by atoms with van der Waals surface area (Å²) in [6.07, 6.45) is 2.18. The number of benzene rings is 1. The van der Waals surface area contributed by atoms with E-state index in [0.29, 0.717) is 22.8 Å². The molecule has 26 heavy (non-hydrogen) atoms. The highest BCUT2D eigenvalue weighted by Crippen LogP contribution is 2.26. The second-order valence-electron chi connectivity index (χ2n) is 7.22. The van der Waals surface area contributed by atoms with Crippen LogP contribution in [0.15, 0.2) is 18.2 Å². The number of nitrogens with zero attached hydrogens (tertiary/aromatic N) is 2. The molecule has 0 aliphatic carbocycles. The number of hydrogen-bond acceptors (Lipinski definition) is 3. The SMILES string of the molecule is CC(C)N1CC(C(=O)Nc2ccc(Cl)cc2C(=O)N2CCCC2)CC1=O. The van der Waals surface area contributed by atoms with Gasteiger partial charge >= 0.3 is 0 Å². The Balaban J connectivity index is 1.76. The largest absolute Gasteiger partial charge is 0.339 e. The number of rotatable bonds is 4. The van der Waals surface area contributed by atoms with Gasteiger partial charge in [0, 0.05) is 37.1 Å². The van der Waals surface area contributed by atoms with Gasteiger partial charge in [-0.25, -0.2) is 0 Å². The molecule has 2 saturated heterocycles. The highest BCUT2D eigenvalue weighted by molar-refractivity contribution is 6.31. The van der Waals surface area contributed by atoms with Crippen LogP contribution >= 0.6 is 11.6 Å². The molecule has 0 radical (unpaired) electrons. The Kier molecular flexibility index (Phi) is 5.51. The van der Waals surface area contributed by atoms with Crippen molar-refractivity contribution in [3.63, 3.8) is 0 Å². The fourth-order valence-electron chi connectivity index (χ4n) is 3.53. The zero-order valence-electron chi connectivity index (χ0n) is 15.1. The molecule has 2 aliphatic rings.